The van der Waals surface area contributed by atoms with Gasteiger partial charge in [0.25, 0.3) is 5.91 Å². The third kappa shape index (κ3) is 3.07. The van der Waals surface area contributed by atoms with E-state index < -0.39 is 5.41 Å². The molecule has 0 radical (unpaired) electrons. The van der Waals surface area contributed by atoms with E-state index in [2.05, 4.69) is 10.00 Å². The van der Waals surface area contributed by atoms with E-state index in [0.717, 1.165) is 31.6 Å². The van der Waals surface area contributed by atoms with Crippen molar-refractivity contribution in [2.75, 3.05) is 32.7 Å². The summed E-state index contributed by atoms with van der Waals surface area (Å²) in [5, 5.41) is 4.39. The van der Waals surface area contributed by atoms with Gasteiger partial charge in [0.15, 0.2) is 5.69 Å². The predicted octanol–water partition coefficient (Wildman–Crippen LogP) is 1.97. The first-order valence-electron chi connectivity index (χ1n) is 10.3. The smallest absolute Gasteiger partial charge is 0.312 e. The van der Waals surface area contributed by atoms with Crippen LogP contribution in [0.15, 0.2) is 30.5 Å². The Labute approximate surface area is 164 Å². The van der Waals surface area contributed by atoms with Crippen molar-refractivity contribution in [3.05, 3.63) is 36.2 Å². The van der Waals surface area contributed by atoms with Crippen molar-refractivity contribution in [3.8, 4) is 0 Å². The molecule has 0 saturated carbocycles. The van der Waals surface area contributed by atoms with Gasteiger partial charge in [-0.15, -0.1) is 0 Å². The van der Waals surface area contributed by atoms with Gasteiger partial charge in [0.2, 0.25) is 0 Å². The first-order chi connectivity index (χ1) is 13.6. The number of esters is 1. The second-order valence-electron chi connectivity index (χ2n) is 8.41. The van der Waals surface area contributed by atoms with Gasteiger partial charge in [0.1, 0.15) is 6.10 Å². The van der Waals surface area contributed by atoms with Gasteiger partial charge >= 0.3 is 5.97 Å². The summed E-state index contributed by atoms with van der Waals surface area (Å²) >= 11 is 0. The van der Waals surface area contributed by atoms with E-state index in [1.54, 1.807) is 4.52 Å². The highest BCUT2D eigenvalue weighted by atomic mass is 16.6. The van der Waals surface area contributed by atoms with Crippen molar-refractivity contribution in [1.82, 2.24) is 19.4 Å². The van der Waals surface area contributed by atoms with E-state index in [1.165, 1.54) is 12.8 Å². The molecule has 3 aliphatic rings. The Balaban J connectivity index is 1.23. The molecule has 3 fully saturated rings. The van der Waals surface area contributed by atoms with Gasteiger partial charge in [-0.25, -0.2) is 4.52 Å². The molecule has 2 aromatic heterocycles. The minimum atomic E-state index is -0.403. The van der Waals surface area contributed by atoms with Crippen LogP contribution < -0.4 is 0 Å². The van der Waals surface area contributed by atoms with Crippen LogP contribution in [0.5, 0.6) is 0 Å². The molecule has 1 spiro atoms. The van der Waals surface area contributed by atoms with Crippen LogP contribution in [0.3, 0.4) is 0 Å². The Morgan fingerprint density at radius 2 is 1.96 bits per heavy atom. The Hall–Kier alpha value is -2.41. The van der Waals surface area contributed by atoms with Crippen molar-refractivity contribution in [2.45, 2.75) is 38.2 Å². The van der Waals surface area contributed by atoms with Crippen LogP contribution in [0, 0.1) is 5.41 Å². The summed E-state index contributed by atoms with van der Waals surface area (Å²) in [6.45, 7) is 4.25. The molecule has 7 nitrogen and oxygen atoms in total. The van der Waals surface area contributed by atoms with Crippen LogP contribution in [0.2, 0.25) is 0 Å². The van der Waals surface area contributed by atoms with Crippen molar-refractivity contribution >= 4 is 17.4 Å². The number of fused-ring (bicyclic) bond motifs is 1. The second kappa shape index (κ2) is 6.88. The van der Waals surface area contributed by atoms with E-state index in [1.807, 2.05) is 35.4 Å². The third-order valence-electron chi connectivity index (χ3n) is 6.58. The molecule has 3 aliphatic heterocycles. The second-order valence-corrected chi connectivity index (χ2v) is 8.41. The molecule has 5 rings (SSSR count). The minimum Gasteiger partial charge on any atom is -0.461 e. The van der Waals surface area contributed by atoms with Gasteiger partial charge in [-0.1, -0.05) is 6.07 Å². The number of ether oxygens (including phenoxy) is 1. The molecule has 0 aromatic carbocycles. The Morgan fingerprint density at radius 3 is 2.71 bits per heavy atom. The number of likely N-dealkylation sites (tertiary alicyclic amines) is 2. The molecule has 0 bridgehead atoms. The lowest BCUT2D eigenvalue weighted by Crippen LogP contribution is -2.45. The SMILES string of the molecule is O=C(c1cc2ccccn2n1)N1CCC2(CC1)CC(CN1CCCC1)OC2=O. The van der Waals surface area contributed by atoms with Crippen molar-refractivity contribution in [1.29, 1.82) is 0 Å². The van der Waals surface area contributed by atoms with Crippen LogP contribution in [-0.4, -0.2) is 70.1 Å². The van der Waals surface area contributed by atoms with Gasteiger partial charge < -0.3 is 9.64 Å². The molecular formula is C21H26N4O3. The zero-order valence-corrected chi connectivity index (χ0v) is 16.0. The number of aromatic nitrogens is 2. The molecule has 1 amide bonds. The van der Waals surface area contributed by atoms with Crippen LogP contribution in [0.1, 0.15) is 42.6 Å². The minimum absolute atomic E-state index is 0.00583. The van der Waals surface area contributed by atoms with Crippen molar-refractivity contribution in [2.24, 2.45) is 5.41 Å². The van der Waals surface area contributed by atoms with Crippen LogP contribution in [0.25, 0.3) is 5.52 Å². The number of pyridine rings is 1. The molecule has 7 heteroatoms. The first kappa shape index (κ1) is 17.7. The first-order valence-corrected chi connectivity index (χ1v) is 10.3. The van der Waals surface area contributed by atoms with Gasteiger partial charge in [0, 0.05) is 32.3 Å². The maximum absolute atomic E-state index is 12.9. The zero-order chi connectivity index (χ0) is 19.1. The largest absolute Gasteiger partial charge is 0.461 e. The average molecular weight is 382 g/mol. The lowest BCUT2D eigenvalue weighted by Gasteiger charge is -2.36. The number of carbonyl (C=O) groups excluding carboxylic acids is 2. The fraction of sp³-hybridized carbons (Fsp3) is 0.571. The Morgan fingerprint density at radius 1 is 1.18 bits per heavy atom. The molecule has 1 unspecified atom stereocenters. The van der Waals surface area contributed by atoms with E-state index in [4.69, 9.17) is 4.74 Å². The number of cyclic esters (lactones) is 1. The maximum atomic E-state index is 12.9. The van der Waals surface area contributed by atoms with Gasteiger partial charge in [0.05, 0.1) is 10.9 Å². The van der Waals surface area contributed by atoms with E-state index in [0.29, 0.717) is 31.6 Å². The summed E-state index contributed by atoms with van der Waals surface area (Å²) in [6.07, 6.45) is 6.48. The van der Waals surface area contributed by atoms with Gasteiger partial charge in [-0.05, 0) is 57.0 Å². The molecule has 3 saturated heterocycles. The Kier molecular flexibility index (Phi) is 4.34. The number of nitrogens with zero attached hydrogens (tertiary/aromatic N) is 4. The number of piperidine rings is 1. The number of carbonyl (C=O) groups is 2. The van der Waals surface area contributed by atoms with E-state index >= 15 is 0 Å². The van der Waals surface area contributed by atoms with Crippen molar-refractivity contribution in [3.63, 3.8) is 0 Å². The molecule has 5 heterocycles. The number of hydrogen-bond acceptors (Lipinski definition) is 5. The monoisotopic (exact) mass is 382 g/mol. The zero-order valence-electron chi connectivity index (χ0n) is 16.0. The molecule has 1 atom stereocenters. The summed E-state index contributed by atoms with van der Waals surface area (Å²) in [6, 6.07) is 7.58. The maximum Gasteiger partial charge on any atom is 0.312 e. The van der Waals surface area contributed by atoms with Crippen LogP contribution >= 0.6 is 0 Å². The molecule has 0 aliphatic carbocycles. The van der Waals surface area contributed by atoms with E-state index in [-0.39, 0.29) is 18.0 Å². The van der Waals surface area contributed by atoms with Gasteiger partial charge in [-0.2, -0.15) is 5.10 Å². The topological polar surface area (TPSA) is 67.2 Å². The lowest BCUT2D eigenvalue weighted by atomic mass is 9.76. The Bertz CT molecular complexity index is 861. The number of amides is 1. The highest BCUT2D eigenvalue weighted by Gasteiger charge is 2.51. The summed E-state index contributed by atoms with van der Waals surface area (Å²) < 4.78 is 7.46. The van der Waals surface area contributed by atoms with E-state index in [9.17, 15) is 9.59 Å². The normalized spacial score (nSPS) is 24.9. The summed E-state index contributed by atoms with van der Waals surface area (Å²) in [4.78, 5) is 29.7. The highest BCUT2D eigenvalue weighted by Crippen LogP contribution is 2.43. The molecule has 0 N–H and O–H groups in total. The summed E-state index contributed by atoms with van der Waals surface area (Å²) in [5.74, 6) is -0.116. The highest BCUT2D eigenvalue weighted by molar-refractivity contribution is 5.94. The summed E-state index contributed by atoms with van der Waals surface area (Å²) in [7, 11) is 0. The number of rotatable bonds is 3. The fourth-order valence-corrected chi connectivity index (χ4v) is 4.94. The van der Waals surface area contributed by atoms with Crippen LogP contribution in [0.4, 0.5) is 0 Å². The third-order valence-corrected chi connectivity index (χ3v) is 6.58. The molecule has 28 heavy (non-hydrogen) atoms. The standard InChI is InChI=1S/C21H26N4O3/c26-19(18-13-16-5-1-2-10-25(16)22-18)24-11-6-21(7-12-24)14-17(28-20(21)27)15-23-8-3-4-9-23/h1-2,5,10,13,17H,3-4,6-9,11-12,14-15H2. The predicted molar refractivity (Wildman–Crippen MR) is 103 cm³/mol. The lowest BCUT2D eigenvalue weighted by molar-refractivity contribution is -0.150. The number of hydrogen-bond donors (Lipinski definition) is 0. The quantitative estimate of drug-likeness (QED) is 0.760. The fourth-order valence-electron chi connectivity index (χ4n) is 4.94. The van der Waals surface area contributed by atoms with Crippen molar-refractivity contribution < 1.29 is 14.3 Å². The molecular weight excluding hydrogens is 356 g/mol. The van der Waals surface area contributed by atoms with Crippen LogP contribution in [-0.2, 0) is 9.53 Å². The molecule has 2 aromatic rings. The van der Waals surface area contributed by atoms with Gasteiger partial charge in [-0.3, -0.25) is 14.5 Å². The molecule has 148 valence electrons. The summed E-state index contributed by atoms with van der Waals surface area (Å²) in [5.41, 5.74) is 0.964. The average Bonchev–Trinajstić information content (AvgIpc) is 3.42.